The van der Waals surface area contributed by atoms with Crippen molar-refractivity contribution >= 4 is 21.4 Å². The van der Waals surface area contributed by atoms with Gasteiger partial charge in [0.1, 0.15) is 0 Å². The third-order valence-electron chi connectivity index (χ3n) is 2.56. The molecule has 0 saturated carbocycles. The van der Waals surface area contributed by atoms with Crippen molar-refractivity contribution in [2.75, 3.05) is 0 Å². The van der Waals surface area contributed by atoms with E-state index < -0.39 is 0 Å². The minimum atomic E-state index is 0.243. The van der Waals surface area contributed by atoms with Crippen LogP contribution in [0.15, 0.2) is 24.3 Å². The van der Waals surface area contributed by atoms with E-state index >= 15 is 0 Å². The zero-order chi connectivity index (χ0) is 11.1. The highest BCUT2D eigenvalue weighted by Gasteiger charge is 2.16. The van der Waals surface area contributed by atoms with Crippen LogP contribution >= 0.6 is 11.3 Å². The van der Waals surface area contributed by atoms with Crippen LogP contribution in [0.5, 0.6) is 0 Å². The molecule has 0 radical (unpaired) electrons. The normalized spacial score (nSPS) is 12.3. The maximum Gasteiger partial charge on any atom is 0.0349 e. The predicted octanol–water partition coefficient (Wildman–Crippen LogP) is 3.66. The Morgan fingerprint density at radius 1 is 1.20 bits per heavy atom. The molecule has 0 fully saturated rings. The Bertz CT molecular complexity index is 477. The van der Waals surface area contributed by atoms with Crippen molar-refractivity contribution in [3.63, 3.8) is 0 Å². The highest BCUT2D eigenvalue weighted by Crippen LogP contribution is 2.34. The van der Waals surface area contributed by atoms with Crippen LogP contribution < -0.4 is 5.73 Å². The molecule has 15 heavy (non-hydrogen) atoms. The number of nitrogens with two attached hydrogens (primary N) is 1. The number of thiophene rings is 1. The molecule has 2 rings (SSSR count). The Morgan fingerprint density at radius 2 is 1.93 bits per heavy atom. The second kappa shape index (κ2) is 3.62. The standard InChI is InChI=1S/C13H17NS/c1-13(2,3)12-7-10-5-4-9(8-14)6-11(10)15-12/h4-7H,8,14H2,1-3H3. The van der Waals surface area contributed by atoms with E-state index in [9.17, 15) is 0 Å². The third kappa shape index (κ3) is 2.06. The van der Waals surface area contributed by atoms with E-state index in [4.69, 9.17) is 5.73 Å². The van der Waals surface area contributed by atoms with Gasteiger partial charge in [-0.25, -0.2) is 0 Å². The van der Waals surface area contributed by atoms with E-state index in [-0.39, 0.29) is 5.41 Å². The second-order valence-corrected chi connectivity index (χ2v) is 6.02. The number of benzene rings is 1. The summed E-state index contributed by atoms with van der Waals surface area (Å²) < 4.78 is 1.35. The lowest BCUT2D eigenvalue weighted by Crippen LogP contribution is -2.07. The van der Waals surface area contributed by atoms with Gasteiger partial charge in [0.25, 0.3) is 0 Å². The Morgan fingerprint density at radius 3 is 2.53 bits per heavy atom. The van der Waals surface area contributed by atoms with Gasteiger partial charge in [0.2, 0.25) is 0 Å². The molecule has 0 bridgehead atoms. The lowest BCUT2D eigenvalue weighted by Gasteiger charge is -2.14. The maximum atomic E-state index is 5.64. The molecule has 0 aliphatic heterocycles. The summed E-state index contributed by atoms with van der Waals surface area (Å²) in [6, 6.07) is 8.78. The summed E-state index contributed by atoms with van der Waals surface area (Å²) in [5, 5.41) is 1.34. The van der Waals surface area contributed by atoms with Gasteiger partial charge < -0.3 is 5.73 Å². The van der Waals surface area contributed by atoms with Crippen molar-refractivity contribution < 1.29 is 0 Å². The lowest BCUT2D eigenvalue weighted by atomic mass is 9.94. The molecule has 0 spiro atoms. The van der Waals surface area contributed by atoms with Crippen LogP contribution in [-0.2, 0) is 12.0 Å². The monoisotopic (exact) mass is 219 g/mol. The second-order valence-electron chi connectivity index (χ2n) is 4.94. The van der Waals surface area contributed by atoms with Crippen molar-refractivity contribution in [1.29, 1.82) is 0 Å². The first-order chi connectivity index (χ1) is 7.00. The summed E-state index contributed by atoms with van der Waals surface area (Å²) in [7, 11) is 0. The molecule has 0 atom stereocenters. The summed E-state index contributed by atoms with van der Waals surface area (Å²) in [5.74, 6) is 0. The average molecular weight is 219 g/mol. The molecule has 0 amide bonds. The van der Waals surface area contributed by atoms with Gasteiger partial charge in [-0.3, -0.25) is 0 Å². The van der Waals surface area contributed by atoms with Crippen LogP contribution in [0, 0.1) is 0 Å². The van der Waals surface area contributed by atoms with Crippen molar-refractivity contribution in [1.82, 2.24) is 0 Å². The molecule has 0 aliphatic rings. The zero-order valence-corrected chi connectivity index (χ0v) is 10.3. The van der Waals surface area contributed by atoms with Crippen molar-refractivity contribution in [3.8, 4) is 0 Å². The van der Waals surface area contributed by atoms with Crippen molar-refractivity contribution in [2.24, 2.45) is 5.73 Å². The Kier molecular flexibility index (Phi) is 2.57. The van der Waals surface area contributed by atoms with Crippen LogP contribution in [-0.4, -0.2) is 0 Å². The van der Waals surface area contributed by atoms with E-state index in [1.54, 1.807) is 0 Å². The SMILES string of the molecule is CC(C)(C)c1cc2ccc(CN)cc2s1. The number of hydrogen-bond acceptors (Lipinski definition) is 2. The first-order valence-corrected chi connectivity index (χ1v) is 6.05. The highest BCUT2D eigenvalue weighted by atomic mass is 32.1. The summed E-state index contributed by atoms with van der Waals surface area (Å²) in [6.07, 6.45) is 0. The molecule has 2 N–H and O–H groups in total. The van der Waals surface area contributed by atoms with Crippen LogP contribution in [0.25, 0.3) is 10.1 Å². The van der Waals surface area contributed by atoms with E-state index in [0.29, 0.717) is 6.54 Å². The van der Waals surface area contributed by atoms with Gasteiger partial charge in [-0.1, -0.05) is 32.9 Å². The number of hydrogen-bond donors (Lipinski definition) is 1. The maximum absolute atomic E-state index is 5.64. The molecule has 1 heterocycles. The fourth-order valence-corrected chi connectivity index (χ4v) is 2.76. The Hall–Kier alpha value is -0.860. The molecule has 0 saturated heterocycles. The summed E-state index contributed by atoms with van der Waals surface area (Å²) in [5.41, 5.74) is 7.09. The van der Waals surface area contributed by atoms with Crippen LogP contribution in [0.1, 0.15) is 31.2 Å². The minimum Gasteiger partial charge on any atom is -0.326 e. The quantitative estimate of drug-likeness (QED) is 0.778. The van der Waals surface area contributed by atoms with E-state index in [2.05, 4.69) is 45.0 Å². The van der Waals surface area contributed by atoms with E-state index in [1.165, 1.54) is 20.5 Å². The molecule has 2 heteroatoms. The Balaban J connectivity index is 2.56. The molecular formula is C13H17NS. The topological polar surface area (TPSA) is 26.0 Å². The lowest BCUT2D eigenvalue weighted by molar-refractivity contribution is 0.604. The minimum absolute atomic E-state index is 0.243. The van der Waals surface area contributed by atoms with Gasteiger partial charge in [-0.15, -0.1) is 11.3 Å². The van der Waals surface area contributed by atoms with Crippen LogP contribution in [0.4, 0.5) is 0 Å². The third-order valence-corrected chi connectivity index (χ3v) is 4.08. The van der Waals surface area contributed by atoms with Crippen LogP contribution in [0.2, 0.25) is 0 Å². The fourth-order valence-electron chi connectivity index (χ4n) is 1.57. The van der Waals surface area contributed by atoms with Gasteiger partial charge in [0.15, 0.2) is 0 Å². The van der Waals surface area contributed by atoms with E-state index in [1.807, 2.05) is 11.3 Å². The van der Waals surface area contributed by atoms with Gasteiger partial charge in [0.05, 0.1) is 0 Å². The summed E-state index contributed by atoms with van der Waals surface area (Å²) >= 11 is 1.88. The molecule has 0 aliphatic carbocycles. The molecule has 80 valence electrons. The van der Waals surface area contributed by atoms with Crippen LogP contribution in [0.3, 0.4) is 0 Å². The molecule has 0 unspecified atom stereocenters. The average Bonchev–Trinajstić information content (AvgIpc) is 2.59. The van der Waals surface area contributed by atoms with Gasteiger partial charge in [0, 0.05) is 16.1 Å². The fraction of sp³-hybridized carbons (Fsp3) is 0.385. The van der Waals surface area contributed by atoms with Gasteiger partial charge in [-0.05, 0) is 28.5 Å². The largest absolute Gasteiger partial charge is 0.326 e. The van der Waals surface area contributed by atoms with Gasteiger partial charge in [-0.2, -0.15) is 0 Å². The molecule has 2 aromatic rings. The molecular weight excluding hydrogens is 202 g/mol. The molecule has 1 aromatic carbocycles. The highest BCUT2D eigenvalue weighted by molar-refractivity contribution is 7.19. The number of rotatable bonds is 1. The first-order valence-electron chi connectivity index (χ1n) is 5.24. The first kappa shape index (κ1) is 10.7. The van der Waals surface area contributed by atoms with Crippen molar-refractivity contribution in [3.05, 3.63) is 34.7 Å². The van der Waals surface area contributed by atoms with E-state index in [0.717, 1.165) is 0 Å². The number of fused-ring (bicyclic) bond motifs is 1. The molecule has 1 nitrogen and oxygen atoms in total. The smallest absolute Gasteiger partial charge is 0.0349 e. The van der Waals surface area contributed by atoms with Crippen molar-refractivity contribution in [2.45, 2.75) is 32.7 Å². The van der Waals surface area contributed by atoms with Gasteiger partial charge >= 0.3 is 0 Å². The summed E-state index contributed by atoms with van der Waals surface area (Å²) in [4.78, 5) is 1.44. The summed E-state index contributed by atoms with van der Waals surface area (Å²) in [6.45, 7) is 7.38. The Labute approximate surface area is 94.9 Å². The molecule has 1 aromatic heterocycles. The predicted molar refractivity (Wildman–Crippen MR) is 68.4 cm³/mol. The zero-order valence-electron chi connectivity index (χ0n) is 9.50.